The highest BCUT2D eigenvalue weighted by molar-refractivity contribution is 5.67. The van der Waals surface area contributed by atoms with Crippen LogP contribution >= 0.6 is 0 Å². The van der Waals surface area contributed by atoms with Crippen LogP contribution < -0.4 is 5.73 Å². The van der Waals surface area contributed by atoms with Crippen molar-refractivity contribution in [3.8, 4) is 0 Å². The van der Waals surface area contributed by atoms with Crippen molar-refractivity contribution >= 4 is 5.97 Å². The number of hydrogen-bond acceptors (Lipinski definition) is 3. The van der Waals surface area contributed by atoms with Crippen LogP contribution in [0.2, 0.25) is 0 Å². The molecule has 4 N–H and O–H groups in total. The van der Waals surface area contributed by atoms with E-state index in [1.807, 2.05) is 0 Å². The molecule has 0 aromatic carbocycles. The van der Waals surface area contributed by atoms with Crippen LogP contribution in [0.4, 0.5) is 0 Å². The molecule has 0 aromatic rings. The fourth-order valence-corrected chi connectivity index (χ4v) is 3.00. The number of hydrogen-bond donors (Lipinski definition) is 3. The van der Waals surface area contributed by atoms with Crippen molar-refractivity contribution in [1.29, 1.82) is 0 Å². The van der Waals surface area contributed by atoms with E-state index >= 15 is 0 Å². The van der Waals surface area contributed by atoms with E-state index < -0.39 is 12.6 Å². The van der Waals surface area contributed by atoms with E-state index in [-0.39, 0.29) is 0 Å². The molecule has 0 saturated heterocycles. The van der Waals surface area contributed by atoms with Crippen LogP contribution in [-0.4, -0.2) is 29.3 Å². The van der Waals surface area contributed by atoms with E-state index in [2.05, 4.69) is 13.8 Å². The first-order chi connectivity index (χ1) is 12.5. The van der Waals surface area contributed by atoms with Gasteiger partial charge >= 0.3 is 5.97 Å². The zero-order valence-electron chi connectivity index (χ0n) is 17.7. The summed E-state index contributed by atoms with van der Waals surface area (Å²) in [7, 11) is 0. The lowest BCUT2D eigenvalue weighted by Crippen LogP contribution is -1.98. The zero-order chi connectivity index (χ0) is 19.9. The topological polar surface area (TPSA) is 83.6 Å². The SMILES string of the molecule is CC(C)CCCCCCCCCCCCCCCCCN.O=C(O)CO. The first-order valence-corrected chi connectivity index (χ1v) is 11.1. The quantitative estimate of drug-likeness (QED) is 0.261. The molecule has 0 aliphatic rings. The average Bonchev–Trinajstić information content (AvgIpc) is 2.61. The number of carboxylic acids is 1. The van der Waals surface area contributed by atoms with E-state index in [0.717, 1.165) is 12.5 Å². The van der Waals surface area contributed by atoms with Crippen molar-refractivity contribution < 1.29 is 15.0 Å². The maximum Gasteiger partial charge on any atom is 0.329 e. The summed E-state index contributed by atoms with van der Waals surface area (Å²) in [5, 5.41) is 15.0. The second-order valence-corrected chi connectivity index (χ2v) is 7.83. The Morgan fingerprint density at radius 1 is 0.692 bits per heavy atom. The molecule has 0 spiro atoms. The Bertz CT molecular complexity index is 270. The molecule has 0 aliphatic heterocycles. The highest BCUT2D eigenvalue weighted by Crippen LogP contribution is 2.14. The molecule has 158 valence electrons. The lowest BCUT2D eigenvalue weighted by atomic mass is 10.0. The van der Waals surface area contributed by atoms with Crippen molar-refractivity contribution in [3.05, 3.63) is 0 Å². The average molecular weight is 374 g/mol. The molecule has 0 unspecified atom stereocenters. The summed E-state index contributed by atoms with van der Waals surface area (Å²) in [4.78, 5) is 9.12. The van der Waals surface area contributed by atoms with Crippen LogP contribution in [0.3, 0.4) is 0 Å². The molecule has 4 heteroatoms. The van der Waals surface area contributed by atoms with E-state index in [1.54, 1.807) is 0 Å². The maximum atomic E-state index is 9.12. The van der Waals surface area contributed by atoms with Crippen LogP contribution in [0, 0.1) is 5.92 Å². The minimum absolute atomic E-state index is 0.778. The number of aliphatic carboxylic acids is 1. The van der Waals surface area contributed by atoms with Gasteiger partial charge in [0.05, 0.1) is 0 Å². The van der Waals surface area contributed by atoms with Crippen molar-refractivity contribution in [2.75, 3.05) is 13.2 Å². The number of aliphatic hydroxyl groups excluding tert-OH is 1. The molecule has 0 saturated carbocycles. The van der Waals surface area contributed by atoms with Gasteiger partial charge in [-0.2, -0.15) is 0 Å². The number of nitrogens with two attached hydrogens (primary N) is 1. The van der Waals surface area contributed by atoms with E-state index in [9.17, 15) is 0 Å². The van der Waals surface area contributed by atoms with Gasteiger partial charge in [-0.25, -0.2) is 4.79 Å². The molecule has 0 aromatic heterocycles. The van der Waals surface area contributed by atoms with Crippen molar-refractivity contribution in [3.63, 3.8) is 0 Å². The van der Waals surface area contributed by atoms with Gasteiger partial charge in [0.2, 0.25) is 0 Å². The normalized spacial score (nSPS) is 10.7. The summed E-state index contributed by atoms with van der Waals surface area (Å²) in [6.45, 7) is 4.76. The fraction of sp³-hybridized carbons (Fsp3) is 0.955. The number of unbranched alkanes of at least 4 members (excludes halogenated alkanes) is 14. The molecular weight excluding hydrogens is 326 g/mol. The minimum Gasteiger partial charge on any atom is -0.480 e. The van der Waals surface area contributed by atoms with E-state index in [1.165, 1.54) is 103 Å². The van der Waals surface area contributed by atoms with E-state index in [0.29, 0.717) is 0 Å². The summed E-state index contributed by atoms with van der Waals surface area (Å²) < 4.78 is 0. The molecule has 0 aliphatic carbocycles. The largest absolute Gasteiger partial charge is 0.480 e. The molecule has 0 atom stereocenters. The van der Waals surface area contributed by atoms with Crippen LogP contribution in [-0.2, 0) is 4.79 Å². The highest BCUT2D eigenvalue weighted by Gasteiger charge is 1.96. The summed E-state index contributed by atoms with van der Waals surface area (Å²) in [5.74, 6) is -0.296. The molecule has 0 rings (SSSR count). The number of carbonyl (C=O) groups is 1. The molecule has 0 fully saturated rings. The van der Waals surface area contributed by atoms with Gasteiger partial charge < -0.3 is 15.9 Å². The molecular formula is C22H47NO3. The predicted molar refractivity (Wildman–Crippen MR) is 112 cm³/mol. The Morgan fingerprint density at radius 2 is 0.962 bits per heavy atom. The predicted octanol–water partition coefficient (Wildman–Crippen LogP) is 5.91. The summed E-state index contributed by atoms with van der Waals surface area (Å²) in [6.07, 6.45) is 22.9. The number of rotatable bonds is 18. The molecule has 0 heterocycles. The Balaban J connectivity index is 0. The molecule has 0 radical (unpaired) electrons. The van der Waals surface area contributed by atoms with Crippen molar-refractivity contribution in [2.45, 2.75) is 117 Å². The van der Waals surface area contributed by atoms with Gasteiger partial charge in [0.15, 0.2) is 0 Å². The van der Waals surface area contributed by atoms with Gasteiger partial charge in [0.1, 0.15) is 6.61 Å². The molecule has 26 heavy (non-hydrogen) atoms. The lowest BCUT2D eigenvalue weighted by Gasteiger charge is -2.05. The third-order valence-corrected chi connectivity index (χ3v) is 4.62. The third kappa shape index (κ3) is 31.2. The van der Waals surface area contributed by atoms with Gasteiger partial charge in [-0.3, -0.25) is 0 Å². The standard InChI is InChI=1S/C20H43N.C2H4O3/c1-20(2)18-16-14-12-10-8-6-4-3-5-7-9-11-13-15-17-19-21;3-1-2(4)5/h20H,3-19,21H2,1-2H3;3H,1H2,(H,4,5). The van der Waals surface area contributed by atoms with Gasteiger partial charge in [-0.05, 0) is 18.9 Å². The van der Waals surface area contributed by atoms with Crippen molar-refractivity contribution in [1.82, 2.24) is 0 Å². The maximum absolute atomic E-state index is 9.12. The van der Waals surface area contributed by atoms with Gasteiger partial charge in [-0.15, -0.1) is 0 Å². The van der Waals surface area contributed by atoms with Crippen LogP contribution in [0.25, 0.3) is 0 Å². The second-order valence-electron chi connectivity index (χ2n) is 7.83. The third-order valence-electron chi connectivity index (χ3n) is 4.62. The van der Waals surface area contributed by atoms with Gasteiger partial charge in [0, 0.05) is 0 Å². The Labute approximate surface area is 162 Å². The number of carboxylic acid groups (broad SMARTS) is 1. The van der Waals surface area contributed by atoms with Crippen LogP contribution in [0.1, 0.15) is 117 Å². The Hall–Kier alpha value is -0.610. The Kier molecular flexibility index (Phi) is 25.9. The highest BCUT2D eigenvalue weighted by atomic mass is 16.4. The van der Waals surface area contributed by atoms with Gasteiger partial charge in [0.25, 0.3) is 0 Å². The Morgan fingerprint density at radius 3 is 1.19 bits per heavy atom. The molecule has 0 bridgehead atoms. The zero-order valence-corrected chi connectivity index (χ0v) is 17.7. The first-order valence-electron chi connectivity index (χ1n) is 11.1. The smallest absolute Gasteiger partial charge is 0.329 e. The number of aliphatic hydroxyl groups is 1. The second kappa shape index (κ2) is 24.4. The minimum atomic E-state index is -1.19. The summed E-state index contributed by atoms with van der Waals surface area (Å²) in [5.41, 5.74) is 5.49. The lowest BCUT2D eigenvalue weighted by molar-refractivity contribution is -0.140. The van der Waals surface area contributed by atoms with E-state index in [4.69, 9.17) is 20.7 Å². The molecule has 4 nitrogen and oxygen atoms in total. The van der Waals surface area contributed by atoms with Crippen molar-refractivity contribution in [2.24, 2.45) is 11.7 Å². The van der Waals surface area contributed by atoms with Crippen LogP contribution in [0.5, 0.6) is 0 Å². The summed E-state index contributed by atoms with van der Waals surface area (Å²) >= 11 is 0. The van der Waals surface area contributed by atoms with Gasteiger partial charge in [-0.1, -0.05) is 110 Å². The summed E-state index contributed by atoms with van der Waals surface area (Å²) in [6, 6.07) is 0. The fourth-order valence-electron chi connectivity index (χ4n) is 3.00. The first kappa shape index (κ1) is 27.6. The monoisotopic (exact) mass is 373 g/mol. The van der Waals surface area contributed by atoms with Crippen LogP contribution in [0.15, 0.2) is 0 Å². The molecule has 0 amide bonds.